The number of benzene rings is 1. The number of carbonyl (C=O) groups excluding carboxylic acids is 2. The summed E-state index contributed by atoms with van der Waals surface area (Å²) in [5.74, 6) is 1.93. The predicted octanol–water partition coefficient (Wildman–Crippen LogP) is 5.04. The van der Waals surface area contributed by atoms with Crippen molar-refractivity contribution in [3.63, 3.8) is 0 Å². The lowest BCUT2D eigenvalue weighted by Gasteiger charge is -2.43. The van der Waals surface area contributed by atoms with Gasteiger partial charge < -0.3 is 19.9 Å². The van der Waals surface area contributed by atoms with E-state index in [1.807, 2.05) is 34.5 Å². The summed E-state index contributed by atoms with van der Waals surface area (Å²) in [6, 6.07) is 8.12. The van der Waals surface area contributed by atoms with Crippen molar-refractivity contribution in [2.75, 3.05) is 26.7 Å². The van der Waals surface area contributed by atoms with Crippen LogP contribution >= 0.6 is 11.3 Å². The Balaban J connectivity index is 1.12. The number of rotatable bonds is 5. The normalized spacial score (nSPS) is 23.0. The zero-order chi connectivity index (χ0) is 24.2. The number of fused-ring (bicyclic) bond motifs is 1. The highest BCUT2D eigenvalue weighted by Crippen LogP contribution is 2.36. The molecule has 3 fully saturated rings. The van der Waals surface area contributed by atoms with Gasteiger partial charge in [0.25, 0.3) is 5.91 Å². The third kappa shape index (κ3) is 5.47. The number of piperidine rings is 2. The molecule has 1 aromatic heterocycles. The molecule has 1 saturated carbocycles. The molecule has 2 unspecified atom stereocenters. The van der Waals surface area contributed by atoms with Crippen LogP contribution in [0.1, 0.15) is 78.3 Å². The lowest BCUT2D eigenvalue weighted by molar-refractivity contribution is 0.0385. The molecule has 5 rings (SSSR count). The number of likely N-dealkylation sites (tertiary alicyclic amines) is 2. The Bertz CT molecular complexity index is 1010. The zero-order valence-corrected chi connectivity index (χ0v) is 21.4. The van der Waals surface area contributed by atoms with E-state index in [0.717, 1.165) is 48.5 Å². The fourth-order valence-electron chi connectivity index (χ4n) is 5.96. The van der Waals surface area contributed by atoms with Gasteiger partial charge in [0.1, 0.15) is 11.4 Å². The van der Waals surface area contributed by atoms with E-state index in [4.69, 9.17) is 9.72 Å². The maximum atomic E-state index is 13.3. The van der Waals surface area contributed by atoms with Gasteiger partial charge in [0.15, 0.2) is 0 Å². The van der Waals surface area contributed by atoms with Gasteiger partial charge >= 0.3 is 6.03 Å². The molecular weight excluding hydrogens is 460 g/mol. The minimum atomic E-state index is -0.0265. The van der Waals surface area contributed by atoms with E-state index in [9.17, 15) is 9.59 Å². The van der Waals surface area contributed by atoms with Crippen molar-refractivity contribution in [2.24, 2.45) is 5.92 Å². The van der Waals surface area contributed by atoms with Gasteiger partial charge in [-0.1, -0.05) is 25.0 Å². The summed E-state index contributed by atoms with van der Waals surface area (Å²) in [5, 5.41) is 6.02. The Labute approximate surface area is 211 Å². The molecule has 8 heteroatoms. The quantitative estimate of drug-likeness (QED) is 0.630. The zero-order valence-electron chi connectivity index (χ0n) is 20.6. The van der Waals surface area contributed by atoms with E-state index in [-0.39, 0.29) is 11.9 Å². The molecule has 3 amide bonds. The van der Waals surface area contributed by atoms with Gasteiger partial charge in [-0.05, 0) is 62.1 Å². The molecule has 0 bridgehead atoms. The SMILES string of the molecule is COc1ccc(CNC(=O)N2CCC(c3nc(C(=O)N4CCCC5CCCCC54)cs3)CC2)cc1. The molecule has 7 nitrogen and oxygen atoms in total. The topological polar surface area (TPSA) is 74.8 Å². The molecule has 0 radical (unpaired) electrons. The van der Waals surface area contributed by atoms with Crippen LogP contribution in [-0.4, -0.2) is 59.5 Å². The van der Waals surface area contributed by atoms with Gasteiger partial charge in [-0.25, -0.2) is 9.78 Å². The second-order valence-electron chi connectivity index (χ2n) is 10.1. The smallest absolute Gasteiger partial charge is 0.317 e. The summed E-state index contributed by atoms with van der Waals surface area (Å²) >= 11 is 1.61. The molecule has 2 aromatic rings. The molecule has 188 valence electrons. The largest absolute Gasteiger partial charge is 0.497 e. The van der Waals surface area contributed by atoms with Gasteiger partial charge in [-0.3, -0.25) is 4.79 Å². The van der Waals surface area contributed by atoms with Crippen molar-refractivity contribution in [1.82, 2.24) is 20.1 Å². The molecule has 35 heavy (non-hydrogen) atoms. The van der Waals surface area contributed by atoms with Crippen molar-refractivity contribution < 1.29 is 14.3 Å². The first kappa shape index (κ1) is 24.1. The average Bonchev–Trinajstić information content (AvgIpc) is 3.42. The van der Waals surface area contributed by atoms with Crippen LogP contribution in [0.4, 0.5) is 4.79 Å². The molecule has 1 aromatic carbocycles. The highest BCUT2D eigenvalue weighted by Gasteiger charge is 2.37. The third-order valence-corrected chi connectivity index (χ3v) is 8.99. The first-order valence-corrected chi connectivity index (χ1v) is 13.9. The van der Waals surface area contributed by atoms with Crippen LogP contribution in [0.15, 0.2) is 29.6 Å². The number of methoxy groups -OCH3 is 1. The Morgan fingerprint density at radius 2 is 1.77 bits per heavy atom. The molecule has 3 heterocycles. The summed E-state index contributed by atoms with van der Waals surface area (Å²) in [5.41, 5.74) is 1.66. The van der Waals surface area contributed by atoms with Crippen molar-refractivity contribution in [2.45, 2.75) is 69.9 Å². The van der Waals surface area contributed by atoms with Gasteiger partial charge in [0.2, 0.25) is 0 Å². The number of aromatic nitrogens is 1. The Hall–Kier alpha value is -2.61. The molecule has 2 atom stereocenters. The second kappa shape index (κ2) is 11.0. The average molecular weight is 497 g/mol. The number of nitrogens with one attached hydrogen (secondary N) is 1. The Kier molecular flexibility index (Phi) is 7.56. The summed E-state index contributed by atoms with van der Waals surface area (Å²) in [7, 11) is 1.64. The van der Waals surface area contributed by atoms with Crippen molar-refractivity contribution in [1.29, 1.82) is 0 Å². The summed E-state index contributed by atoms with van der Waals surface area (Å²) in [6.45, 7) is 2.78. The van der Waals surface area contributed by atoms with Gasteiger partial charge in [-0.2, -0.15) is 0 Å². The number of thiazole rings is 1. The van der Waals surface area contributed by atoms with E-state index < -0.39 is 0 Å². The maximum absolute atomic E-state index is 13.3. The van der Waals surface area contributed by atoms with Gasteiger partial charge in [-0.15, -0.1) is 11.3 Å². The molecule has 2 aliphatic heterocycles. The molecule has 3 aliphatic rings. The Morgan fingerprint density at radius 1 is 1.03 bits per heavy atom. The summed E-state index contributed by atoms with van der Waals surface area (Å²) < 4.78 is 5.18. The third-order valence-electron chi connectivity index (χ3n) is 7.98. The van der Waals surface area contributed by atoms with Crippen molar-refractivity contribution in [3.05, 3.63) is 45.9 Å². The minimum absolute atomic E-state index is 0.0265. The van der Waals surface area contributed by atoms with Gasteiger partial charge in [0.05, 0.1) is 12.1 Å². The van der Waals surface area contributed by atoms with Crippen LogP contribution in [0, 0.1) is 5.92 Å². The predicted molar refractivity (Wildman–Crippen MR) is 137 cm³/mol. The minimum Gasteiger partial charge on any atom is -0.497 e. The number of urea groups is 1. The number of hydrogen-bond donors (Lipinski definition) is 1. The summed E-state index contributed by atoms with van der Waals surface area (Å²) in [4.78, 5) is 34.8. The van der Waals surface area contributed by atoms with Crippen LogP contribution in [0.2, 0.25) is 0 Å². The molecular formula is C27H36N4O3S. The summed E-state index contributed by atoms with van der Waals surface area (Å²) in [6.07, 6.45) is 9.10. The monoisotopic (exact) mass is 496 g/mol. The van der Waals surface area contributed by atoms with Crippen molar-refractivity contribution in [3.8, 4) is 5.75 Å². The van der Waals surface area contributed by atoms with E-state index >= 15 is 0 Å². The number of nitrogens with zero attached hydrogens (tertiary/aromatic N) is 3. The van der Waals surface area contributed by atoms with Gasteiger partial charge in [0, 0.05) is 43.5 Å². The highest BCUT2D eigenvalue weighted by atomic mass is 32.1. The maximum Gasteiger partial charge on any atom is 0.317 e. The molecule has 2 saturated heterocycles. The second-order valence-corrected chi connectivity index (χ2v) is 11.0. The number of carbonyl (C=O) groups is 2. The van der Waals surface area contributed by atoms with E-state index in [0.29, 0.717) is 43.2 Å². The van der Waals surface area contributed by atoms with E-state index in [2.05, 4.69) is 10.2 Å². The lowest BCUT2D eigenvalue weighted by Crippen LogP contribution is -2.49. The fraction of sp³-hybridized carbons (Fsp3) is 0.593. The number of ether oxygens (including phenoxy) is 1. The number of hydrogen-bond acceptors (Lipinski definition) is 5. The van der Waals surface area contributed by atoms with E-state index in [1.54, 1.807) is 18.4 Å². The highest BCUT2D eigenvalue weighted by molar-refractivity contribution is 7.09. The van der Waals surface area contributed by atoms with E-state index in [1.165, 1.54) is 25.7 Å². The van der Waals surface area contributed by atoms with Crippen LogP contribution in [0.5, 0.6) is 5.75 Å². The first-order chi connectivity index (χ1) is 17.1. The molecule has 0 spiro atoms. The van der Waals surface area contributed by atoms with Crippen LogP contribution in [0.3, 0.4) is 0 Å². The van der Waals surface area contributed by atoms with Crippen LogP contribution in [-0.2, 0) is 6.54 Å². The number of amides is 3. The molecule has 1 N–H and O–H groups in total. The van der Waals surface area contributed by atoms with Crippen LogP contribution in [0.25, 0.3) is 0 Å². The van der Waals surface area contributed by atoms with Crippen molar-refractivity contribution >= 4 is 23.3 Å². The molecule has 1 aliphatic carbocycles. The standard InChI is InChI=1S/C27H36N4O3S/c1-34-22-10-8-19(9-11-22)17-28-27(33)30-15-12-21(13-16-30)25-29-23(18-35-25)26(32)31-14-4-6-20-5-2-3-7-24(20)31/h8-11,18,20-21,24H,2-7,12-17H2,1H3,(H,28,33). The first-order valence-electron chi connectivity index (χ1n) is 13.0. The van der Waals surface area contributed by atoms with Crippen LogP contribution < -0.4 is 10.1 Å². The fourth-order valence-corrected chi connectivity index (χ4v) is 6.92. The lowest BCUT2D eigenvalue weighted by atomic mass is 9.78. The Morgan fingerprint density at radius 3 is 2.54 bits per heavy atom.